The van der Waals surface area contributed by atoms with Crippen LogP contribution in [0, 0.1) is 13.8 Å². The summed E-state index contributed by atoms with van der Waals surface area (Å²) in [6.45, 7) is 10.5. The zero-order valence-corrected chi connectivity index (χ0v) is 15.4. The first kappa shape index (κ1) is 18.7. The molecule has 2 aromatic rings. The van der Waals surface area contributed by atoms with Crippen LogP contribution in [0.5, 0.6) is 0 Å². The molecule has 132 valence electrons. The van der Waals surface area contributed by atoms with Crippen molar-refractivity contribution in [1.82, 2.24) is 15.2 Å². The lowest BCUT2D eigenvalue weighted by Gasteiger charge is -2.00. The number of allylic oxidation sites excluding steroid dienone is 4. The van der Waals surface area contributed by atoms with E-state index in [0.29, 0.717) is 11.6 Å². The van der Waals surface area contributed by atoms with Gasteiger partial charge in [-0.1, -0.05) is 6.58 Å². The highest BCUT2D eigenvalue weighted by atomic mass is 32.1. The standard InChI is InChI=1S/C13H14N2O2S.C5H8N2/c1-3-11-9(4-5-17-11)6-8(2)13-15-10(7-18-13)12(14)16;1-4-3-5(2)7-6-4/h3,6-7H,2,4-5H2,1H3,(H2,14,16);3H,1-2H3,(H,6,7)/b9-6-,11-3+;. The van der Waals surface area contributed by atoms with Gasteiger partial charge in [0.2, 0.25) is 0 Å². The minimum absolute atomic E-state index is 0.281. The largest absolute Gasteiger partial charge is 0.493 e. The Morgan fingerprint density at radius 1 is 1.48 bits per heavy atom. The van der Waals surface area contributed by atoms with E-state index >= 15 is 0 Å². The van der Waals surface area contributed by atoms with Crippen LogP contribution in [0.25, 0.3) is 5.57 Å². The maximum atomic E-state index is 11.0. The van der Waals surface area contributed by atoms with E-state index in [0.717, 1.165) is 34.7 Å². The molecule has 1 saturated heterocycles. The van der Waals surface area contributed by atoms with Gasteiger partial charge in [0.1, 0.15) is 16.5 Å². The molecule has 0 radical (unpaired) electrons. The lowest BCUT2D eigenvalue weighted by atomic mass is 10.1. The van der Waals surface area contributed by atoms with Gasteiger partial charge in [-0.3, -0.25) is 9.89 Å². The lowest BCUT2D eigenvalue weighted by Crippen LogP contribution is -2.11. The number of primary amides is 1. The van der Waals surface area contributed by atoms with E-state index < -0.39 is 5.91 Å². The van der Waals surface area contributed by atoms with Crippen LogP contribution in [-0.4, -0.2) is 27.7 Å². The Kier molecular flexibility index (Phi) is 6.30. The number of rotatable bonds is 3. The summed E-state index contributed by atoms with van der Waals surface area (Å²) in [7, 11) is 0. The number of H-pyrrole nitrogens is 1. The number of nitrogens with zero attached hydrogens (tertiary/aromatic N) is 2. The van der Waals surface area contributed by atoms with Crippen molar-refractivity contribution in [2.45, 2.75) is 27.2 Å². The average molecular weight is 358 g/mol. The van der Waals surface area contributed by atoms with Gasteiger partial charge in [0.25, 0.3) is 5.91 Å². The van der Waals surface area contributed by atoms with E-state index in [-0.39, 0.29) is 5.69 Å². The summed E-state index contributed by atoms with van der Waals surface area (Å²) in [6.07, 6.45) is 4.75. The Balaban J connectivity index is 0.000000269. The van der Waals surface area contributed by atoms with E-state index in [4.69, 9.17) is 10.5 Å². The van der Waals surface area contributed by atoms with E-state index in [1.54, 1.807) is 5.38 Å². The van der Waals surface area contributed by atoms with Gasteiger partial charge < -0.3 is 10.5 Å². The molecular weight excluding hydrogens is 336 g/mol. The number of thiazole rings is 1. The fourth-order valence-electron chi connectivity index (χ4n) is 2.26. The number of hydrogen-bond donors (Lipinski definition) is 2. The molecule has 1 amide bonds. The van der Waals surface area contributed by atoms with Crippen LogP contribution in [0.15, 0.2) is 41.5 Å². The third-order valence-electron chi connectivity index (χ3n) is 3.42. The third kappa shape index (κ3) is 5.15. The molecule has 3 N–H and O–H groups in total. The predicted molar refractivity (Wildman–Crippen MR) is 100 cm³/mol. The first-order chi connectivity index (χ1) is 11.9. The van der Waals surface area contributed by atoms with Gasteiger partial charge in [-0.2, -0.15) is 5.10 Å². The molecule has 2 aromatic heterocycles. The van der Waals surface area contributed by atoms with Crippen LogP contribution in [0.2, 0.25) is 0 Å². The molecule has 6 nitrogen and oxygen atoms in total. The lowest BCUT2D eigenvalue weighted by molar-refractivity contribution is 0.0996. The number of ether oxygens (including phenoxy) is 1. The van der Waals surface area contributed by atoms with Crippen LogP contribution < -0.4 is 5.73 Å². The first-order valence-electron chi connectivity index (χ1n) is 7.84. The molecule has 25 heavy (non-hydrogen) atoms. The number of nitrogens with two attached hydrogens (primary N) is 1. The van der Waals surface area contributed by atoms with Gasteiger partial charge in [-0.05, 0) is 44.6 Å². The number of amides is 1. The van der Waals surface area contributed by atoms with Crippen LogP contribution >= 0.6 is 11.3 Å². The molecule has 1 aliphatic rings. The minimum atomic E-state index is -0.517. The summed E-state index contributed by atoms with van der Waals surface area (Å²) in [5.74, 6) is 0.374. The quantitative estimate of drug-likeness (QED) is 0.877. The number of carbonyl (C=O) groups excluding carboxylic acids is 1. The molecule has 7 heteroatoms. The molecule has 0 aliphatic carbocycles. The average Bonchev–Trinajstić information content (AvgIpc) is 3.28. The van der Waals surface area contributed by atoms with Crippen molar-refractivity contribution in [3.05, 3.63) is 63.6 Å². The second-order valence-corrected chi connectivity index (χ2v) is 6.40. The smallest absolute Gasteiger partial charge is 0.268 e. The maximum Gasteiger partial charge on any atom is 0.268 e. The third-order valence-corrected chi connectivity index (χ3v) is 4.34. The van der Waals surface area contributed by atoms with Crippen LogP contribution in [0.4, 0.5) is 0 Å². The van der Waals surface area contributed by atoms with Gasteiger partial charge in [0, 0.05) is 23.1 Å². The highest BCUT2D eigenvalue weighted by Gasteiger charge is 2.15. The van der Waals surface area contributed by atoms with E-state index in [1.807, 2.05) is 39.0 Å². The summed E-state index contributed by atoms with van der Waals surface area (Å²) in [5.41, 5.74) is 9.50. The molecule has 0 aromatic carbocycles. The zero-order valence-electron chi connectivity index (χ0n) is 14.6. The normalized spacial score (nSPS) is 16.4. The molecule has 0 atom stereocenters. The van der Waals surface area contributed by atoms with Crippen molar-refractivity contribution in [2.24, 2.45) is 5.73 Å². The predicted octanol–water partition coefficient (Wildman–Crippen LogP) is 3.53. The number of aromatic nitrogens is 3. The highest BCUT2D eigenvalue weighted by molar-refractivity contribution is 7.11. The molecule has 1 aliphatic heterocycles. The summed E-state index contributed by atoms with van der Waals surface area (Å²) >= 11 is 1.36. The zero-order chi connectivity index (χ0) is 18.4. The van der Waals surface area contributed by atoms with Gasteiger partial charge in [0.05, 0.1) is 12.3 Å². The van der Waals surface area contributed by atoms with Crippen molar-refractivity contribution >= 4 is 22.8 Å². The Morgan fingerprint density at radius 3 is 2.72 bits per heavy atom. The van der Waals surface area contributed by atoms with Crippen molar-refractivity contribution in [3.8, 4) is 0 Å². The van der Waals surface area contributed by atoms with E-state index in [1.165, 1.54) is 11.3 Å². The molecule has 0 spiro atoms. The van der Waals surface area contributed by atoms with Crippen molar-refractivity contribution in [3.63, 3.8) is 0 Å². The van der Waals surface area contributed by atoms with E-state index in [9.17, 15) is 4.79 Å². The van der Waals surface area contributed by atoms with Gasteiger partial charge >= 0.3 is 0 Å². The fourth-order valence-corrected chi connectivity index (χ4v) is 3.01. The molecule has 3 rings (SSSR count). The second kappa shape index (κ2) is 8.43. The Bertz CT molecular complexity index is 813. The number of nitrogens with one attached hydrogen (secondary N) is 1. The molecule has 1 fully saturated rings. The second-order valence-electron chi connectivity index (χ2n) is 5.54. The van der Waals surface area contributed by atoms with Crippen LogP contribution in [-0.2, 0) is 4.74 Å². The monoisotopic (exact) mass is 358 g/mol. The summed E-state index contributed by atoms with van der Waals surface area (Å²) in [5, 5.41) is 9.06. The summed E-state index contributed by atoms with van der Waals surface area (Å²) in [6, 6.07) is 2.00. The van der Waals surface area contributed by atoms with Crippen molar-refractivity contribution < 1.29 is 9.53 Å². The molecular formula is C18H22N4O2S. The molecule has 0 saturated carbocycles. The number of aromatic amines is 1. The van der Waals surface area contributed by atoms with E-state index in [2.05, 4.69) is 21.8 Å². The maximum absolute atomic E-state index is 11.0. The molecule has 0 bridgehead atoms. The molecule has 3 heterocycles. The minimum Gasteiger partial charge on any atom is -0.493 e. The van der Waals surface area contributed by atoms with Crippen molar-refractivity contribution in [2.75, 3.05) is 6.61 Å². The van der Waals surface area contributed by atoms with Crippen molar-refractivity contribution in [1.29, 1.82) is 0 Å². The SMILES string of the molecule is C=C(/C=C1/CCO/C1=C/C)c1nc(C(N)=O)cs1.Cc1cc(C)[nH]n1. The van der Waals surface area contributed by atoms with Gasteiger partial charge in [-0.25, -0.2) is 4.98 Å². The molecule has 0 unspecified atom stereocenters. The van der Waals surface area contributed by atoms with Gasteiger partial charge in [0.15, 0.2) is 0 Å². The fraction of sp³-hybridized carbons (Fsp3) is 0.278. The Morgan fingerprint density at radius 2 is 2.24 bits per heavy atom. The van der Waals surface area contributed by atoms with Gasteiger partial charge in [-0.15, -0.1) is 11.3 Å². The number of carbonyl (C=O) groups is 1. The summed E-state index contributed by atoms with van der Waals surface area (Å²) in [4.78, 5) is 15.1. The Labute approximate surface area is 151 Å². The Hall–Kier alpha value is -2.67. The highest BCUT2D eigenvalue weighted by Crippen LogP contribution is 2.28. The summed E-state index contributed by atoms with van der Waals surface area (Å²) < 4.78 is 5.46. The number of aryl methyl sites for hydroxylation is 2. The topological polar surface area (TPSA) is 93.9 Å². The van der Waals surface area contributed by atoms with Crippen LogP contribution in [0.1, 0.15) is 40.2 Å². The van der Waals surface area contributed by atoms with Crippen LogP contribution in [0.3, 0.4) is 0 Å². The number of hydrogen-bond acceptors (Lipinski definition) is 5. The first-order valence-corrected chi connectivity index (χ1v) is 8.72.